The first-order valence-electron chi connectivity index (χ1n) is 11.1. The molecule has 1 amide bonds. The van der Waals surface area contributed by atoms with Gasteiger partial charge in [0.05, 0.1) is 24.0 Å². The average molecular weight is 464 g/mol. The molecule has 1 fully saturated rings. The quantitative estimate of drug-likeness (QED) is 0.170. The van der Waals surface area contributed by atoms with E-state index in [4.69, 9.17) is 15.0 Å². The molecule has 0 aromatic heterocycles. The first kappa shape index (κ1) is 24.8. The van der Waals surface area contributed by atoms with E-state index in [1.165, 1.54) is 13.2 Å². The van der Waals surface area contributed by atoms with Crippen LogP contribution in [0.1, 0.15) is 61.0 Å². The minimum absolute atomic E-state index is 0.168. The monoisotopic (exact) mass is 463 g/mol. The van der Waals surface area contributed by atoms with Gasteiger partial charge in [0.2, 0.25) is 0 Å². The Morgan fingerprint density at radius 2 is 1.91 bits per heavy atom. The van der Waals surface area contributed by atoms with Crippen LogP contribution in [-0.4, -0.2) is 49.0 Å². The fraction of sp³-hybridized carbons (Fsp3) is 0.400. The summed E-state index contributed by atoms with van der Waals surface area (Å²) in [5.41, 5.74) is 11.1. The summed E-state index contributed by atoms with van der Waals surface area (Å²) in [4.78, 5) is 33.5. The van der Waals surface area contributed by atoms with Crippen molar-refractivity contribution in [1.29, 1.82) is 0 Å². The van der Waals surface area contributed by atoms with Crippen LogP contribution < -0.4 is 0 Å². The molecule has 3 rings (SSSR count). The highest BCUT2D eigenvalue weighted by molar-refractivity contribution is 6.00. The van der Waals surface area contributed by atoms with E-state index in [0.717, 1.165) is 18.4 Å². The van der Waals surface area contributed by atoms with Gasteiger partial charge in [0.25, 0.3) is 0 Å². The number of benzene rings is 2. The van der Waals surface area contributed by atoms with E-state index in [1.54, 1.807) is 23.2 Å². The summed E-state index contributed by atoms with van der Waals surface area (Å²) in [6.45, 7) is 6.92. The van der Waals surface area contributed by atoms with Crippen molar-refractivity contribution in [3.8, 4) is 0 Å². The highest BCUT2D eigenvalue weighted by Gasteiger charge is 2.28. The lowest BCUT2D eigenvalue weighted by molar-refractivity contribution is 0.0198. The number of amides is 1. The number of ether oxygens (including phenoxy) is 2. The van der Waals surface area contributed by atoms with Crippen LogP contribution >= 0.6 is 0 Å². The summed E-state index contributed by atoms with van der Waals surface area (Å²) in [5, 5.41) is 3.65. The maximum atomic E-state index is 12.4. The maximum Gasteiger partial charge on any atom is 0.410 e. The van der Waals surface area contributed by atoms with Crippen molar-refractivity contribution in [2.75, 3.05) is 20.2 Å². The van der Waals surface area contributed by atoms with Gasteiger partial charge in [0.1, 0.15) is 5.60 Å². The molecular weight excluding hydrogens is 434 g/mol. The zero-order chi connectivity index (χ0) is 24.7. The van der Waals surface area contributed by atoms with E-state index in [1.807, 2.05) is 45.0 Å². The van der Waals surface area contributed by atoms with Crippen molar-refractivity contribution in [3.63, 3.8) is 0 Å². The summed E-state index contributed by atoms with van der Waals surface area (Å²) >= 11 is 0. The normalized spacial score (nSPS) is 16.1. The Bertz CT molecular complexity index is 1120. The van der Waals surface area contributed by atoms with Gasteiger partial charge in [0, 0.05) is 35.7 Å². The number of carbonyl (C=O) groups excluding carboxylic acids is 2. The van der Waals surface area contributed by atoms with Gasteiger partial charge >= 0.3 is 12.1 Å². The minimum atomic E-state index is -0.588. The van der Waals surface area contributed by atoms with Gasteiger partial charge in [-0.05, 0) is 62.9 Å². The molecule has 1 atom stereocenters. The van der Waals surface area contributed by atoms with Crippen LogP contribution in [0.4, 0.5) is 16.2 Å². The second kappa shape index (κ2) is 10.9. The molecule has 0 N–H and O–H groups in total. The summed E-state index contributed by atoms with van der Waals surface area (Å²) in [6.07, 6.45) is 3.19. The van der Waals surface area contributed by atoms with Gasteiger partial charge in [-0.3, -0.25) is 4.99 Å². The molecule has 1 unspecified atom stereocenters. The van der Waals surface area contributed by atoms with Crippen LogP contribution in [0, 0.1) is 0 Å². The Labute approximate surface area is 199 Å². The van der Waals surface area contributed by atoms with Crippen molar-refractivity contribution in [3.05, 3.63) is 69.6 Å². The van der Waals surface area contributed by atoms with Crippen LogP contribution in [0.15, 0.2) is 52.6 Å². The second-order valence-electron chi connectivity index (χ2n) is 9.04. The fourth-order valence-electron chi connectivity index (χ4n) is 3.81. The van der Waals surface area contributed by atoms with Crippen molar-refractivity contribution >= 4 is 29.7 Å². The highest BCUT2D eigenvalue weighted by atomic mass is 16.6. The molecule has 0 bridgehead atoms. The number of rotatable bonds is 5. The molecule has 0 aliphatic carbocycles. The molecule has 0 spiro atoms. The summed E-state index contributed by atoms with van der Waals surface area (Å²) in [6, 6.07) is 12.7. The number of likely N-dealkylation sites (tertiary alicyclic amines) is 1. The molecule has 9 nitrogen and oxygen atoms in total. The number of hydrogen-bond donors (Lipinski definition) is 0. The van der Waals surface area contributed by atoms with E-state index in [9.17, 15) is 9.59 Å². The van der Waals surface area contributed by atoms with Crippen LogP contribution in [0.5, 0.6) is 0 Å². The number of nitrogens with zero attached hydrogens (tertiary/aromatic N) is 5. The third-order valence-corrected chi connectivity index (χ3v) is 5.41. The Morgan fingerprint density at radius 3 is 2.56 bits per heavy atom. The molecule has 1 heterocycles. The van der Waals surface area contributed by atoms with Gasteiger partial charge in [-0.2, -0.15) is 0 Å². The zero-order valence-electron chi connectivity index (χ0n) is 19.9. The van der Waals surface area contributed by atoms with Gasteiger partial charge < -0.3 is 14.4 Å². The molecule has 1 saturated heterocycles. The first-order valence-corrected chi connectivity index (χ1v) is 11.1. The largest absolute Gasteiger partial charge is 0.465 e. The number of piperidine rings is 1. The predicted octanol–water partition coefficient (Wildman–Crippen LogP) is 6.28. The van der Waals surface area contributed by atoms with Crippen LogP contribution in [0.2, 0.25) is 0 Å². The standard InChI is InChI=1S/C25H29N5O4/c1-25(2,3)34-24(32)30-14-6-8-19(16-30)17-10-12-20(13-11-17)27-15-18-7-5-9-21(23(31)33-4)22(18)28-29-26/h5,7,9-13,15,19H,6,8,14,16H2,1-4H3. The highest BCUT2D eigenvalue weighted by Crippen LogP contribution is 2.30. The number of aliphatic imine (C=N–C) groups is 1. The maximum absolute atomic E-state index is 12.4. The summed E-state index contributed by atoms with van der Waals surface area (Å²) in [5.74, 6) is -0.359. The second-order valence-corrected chi connectivity index (χ2v) is 9.04. The average Bonchev–Trinajstić information content (AvgIpc) is 2.82. The van der Waals surface area contributed by atoms with Gasteiger partial charge in [-0.25, -0.2) is 9.59 Å². The fourth-order valence-corrected chi connectivity index (χ4v) is 3.81. The van der Waals surface area contributed by atoms with Crippen LogP contribution in [0.3, 0.4) is 0 Å². The topological polar surface area (TPSA) is 117 Å². The van der Waals surface area contributed by atoms with Crippen LogP contribution in [0.25, 0.3) is 10.4 Å². The van der Waals surface area contributed by atoms with Crippen molar-refractivity contribution in [2.24, 2.45) is 10.1 Å². The van der Waals surface area contributed by atoms with Gasteiger partial charge in [-0.1, -0.05) is 29.4 Å². The van der Waals surface area contributed by atoms with E-state index in [0.29, 0.717) is 24.3 Å². The molecule has 2 aromatic rings. The van der Waals surface area contributed by atoms with E-state index < -0.39 is 11.6 Å². The van der Waals surface area contributed by atoms with Crippen molar-refractivity contribution in [2.45, 2.75) is 45.1 Å². The number of hydrogen-bond acceptors (Lipinski definition) is 6. The lowest BCUT2D eigenvalue weighted by Crippen LogP contribution is -2.42. The number of azide groups is 1. The predicted molar refractivity (Wildman–Crippen MR) is 130 cm³/mol. The number of methoxy groups -OCH3 is 1. The van der Waals surface area contributed by atoms with E-state index in [-0.39, 0.29) is 23.3 Å². The molecule has 2 aromatic carbocycles. The third-order valence-electron chi connectivity index (χ3n) is 5.41. The third kappa shape index (κ3) is 6.36. The Morgan fingerprint density at radius 1 is 1.18 bits per heavy atom. The smallest absolute Gasteiger partial charge is 0.410 e. The lowest BCUT2D eigenvalue weighted by atomic mass is 9.91. The van der Waals surface area contributed by atoms with Crippen LogP contribution in [-0.2, 0) is 9.47 Å². The number of esters is 1. The molecule has 0 radical (unpaired) electrons. The Hall–Kier alpha value is -3.84. The van der Waals surface area contributed by atoms with Gasteiger partial charge in [-0.15, -0.1) is 0 Å². The zero-order valence-corrected chi connectivity index (χ0v) is 19.9. The Kier molecular flexibility index (Phi) is 7.91. The molecule has 178 valence electrons. The molecular formula is C25H29N5O4. The molecule has 1 aliphatic rings. The molecule has 34 heavy (non-hydrogen) atoms. The van der Waals surface area contributed by atoms with Crippen molar-refractivity contribution in [1.82, 2.24) is 4.90 Å². The molecule has 0 saturated carbocycles. The molecule has 9 heteroatoms. The minimum Gasteiger partial charge on any atom is -0.465 e. The molecule has 1 aliphatic heterocycles. The Balaban J connectivity index is 1.74. The van der Waals surface area contributed by atoms with E-state index in [2.05, 4.69) is 15.0 Å². The lowest BCUT2D eigenvalue weighted by Gasteiger charge is -2.34. The summed E-state index contributed by atoms with van der Waals surface area (Å²) in [7, 11) is 1.27. The number of carbonyl (C=O) groups is 2. The van der Waals surface area contributed by atoms with Gasteiger partial charge in [0.15, 0.2) is 0 Å². The summed E-state index contributed by atoms with van der Waals surface area (Å²) < 4.78 is 10.3. The van der Waals surface area contributed by atoms with E-state index >= 15 is 0 Å². The SMILES string of the molecule is COC(=O)c1cccc(C=Nc2ccc(C3CCCN(C(=O)OC(C)(C)C)C3)cc2)c1N=[N+]=[N-]. The van der Waals surface area contributed by atoms with Crippen molar-refractivity contribution < 1.29 is 19.1 Å². The first-order chi connectivity index (χ1) is 16.2.